The first-order valence-corrected chi connectivity index (χ1v) is 5.07. The number of nitrogens with one attached hydrogen (secondary N) is 1. The van der Waals surface area contributed by atoms with E-state index in [1.54, 1.807) is 0 Å². The van der Waals surface area contributed by atoms with Gasteiger partial charge in [0.1, 0.15) is 0 Å². The molecule has 0 unspecified atom stereocenters. The van der Waals surface area contributed by atoms with Gasteiger partial charge in [0.05, 0.1) is 0 Å². The summed E-state index contributed by atoms with van der Waals surface area (Å²) in [6, 6.07) is 0.550. The third kappa shape index (κ3) is 1.66. The van der Waals surface area contributed by atoms with Crippen LogP contribution in [0.3, 0.4) is 0 Å². The van der Waals surface area contributed by atoms with Crippen molar-refractivity contribution in [1.29, 1.82) is 0 Å². The molecule has 0 aliphatic heterocycles. The highest BCUT2D eigenvalue weighted by Gasteiger charge is 2.35. The minimum absolute atomic E-state index is 0.117. The molecule has 0 aromatic carbocycles. The van der Waals surface area contributed by atoms with Gasteiger partial charge in [0.25, 0.3) is 0 Å². The van der Waals surface area contributed by atoms with Crippen LogP contribution in [0.2, 0.25) is 0 Å². The second-order valence-electron chi connectivity index (χ2n) is 4.01. The highest BCUT2D eigenvalue weighted by molar-refractivity contribution is 5.23. The summed E-state index contributed by atoms with van der Waals surface area (Å²) in [6.07, 6.45) is 5.12. The highest BCUT2D eigenvalue weighted by Crippen LogP contribution is 2.43. The fourth-order valence-electron chi connectivity index (χ4n) is 1.90. The molecule has 5 nitrogen and oxygen atoms in total. The Morgan fingerprint density at radius 1 is 1.50 bits per heavy atom. The number of rotatable bonds is 4. The van der Waals surface area contributed by atoms with Crippen molar-refractivity contribution >= 4 is 12.0 Å². The van der Waals surface area contributed by atoms with Crippen LogP contribution in [-0.4, -0.2) is 16.7 Å². The Kier molecular flexibility index (Phi) is 2.31. The summed E-state index contributed by atoms with van der Waals surface area (Å²) in [5, 5.41) is 10.5. The molecule has 0 saturated heterocycles. The first-order chi connectivity index (χ1) is 6.74. The maximum Gasteiger partial charge on any atom is 0.316 e. The largest absolute Gasteiger partial charge is 0.390 e. The molecule has 0 amide bonds. The summed E-state index contributed by atoms with van der Waals surface area (Å²) in [5.74, 6) is 0. The van der Waals surface area contributed by atoms with Gasteiger partial charge in [-0.15, -0.1) is 0 Å². The minimum Gasteiger partial charge on any atom is -0.390 e. The van der Waals surface area contributed by atoms with E-state index in [2.05, 4.69) is 22.4 Å². The van der Waals surface area contributed by atoms with E-state index in [0.29, 0.717) is 11.4 Å². The van der Waals surface area contributed by atoms with Crippen molar-refractivity contribution in [2.75, 3.05) is 17.6 Å². The van der Waals surface area contributed by atoms with E-state index in [0.717, 1.165) is 6.54 Å². The Hall–Kier alpha value is -1.26. The van der Waals surface area contributed by atoms with Gasteiger partial charge in [-0.25, -0.2) is 0 Å². The lowest BCUT2D eigenvalue weighted by atomic mass is 9.67. The smallest absolute Gasteiger partial charge is 0.316 e. The van der Waals surface area contributed by atoms with E-state index in [-0.39, 0.29) is 6.01 Å². The van der Waals surface area contributed by atoms with Crippen LogP contribution >= 0.6 is 0 Å². The molecule has 0 bridgehead atoms. The van der Waals surface area contributed by atoms with Gasteiger partial charge < -0.3 is 15.5 Å². The van der Waals surface area contributed by atoms with Crippen molar-refractivity contribution in [3.8, 4) is 0 Å². The second-order valence-corrected chi connectivity index (χ2v) is 4.01. The third-order valence-corrected chi connectivity index (χ3v) is 3.22. The molecular weight excluding hydrogens is 180 g/mol. The summed E-state index contributed by atoms with van der Waals surface area (Å²) in [5.41, 5.74) is 5.76. The summed E-state index contributed by atoms with van der Waals surface area (Å²) in [4.78, 5) is 0. The van der Waals surface area contributed by atoms with Crippen LogP contribution < -0.4 is 11.1 Å². The maximum absolute atomic E-state index is 5.32. The van der Waals surface area contributed by atoms with Crippen molar-refractivity contribution in [2.45, 2.75) is 32.6 Å². The Balaban J connectivity index is 1.87. The van der Waals surface area contributed by atoms with Crippen LogP contribution in [0.25, 0.3) is 0 Å². The molecule has 1 aliphatic rings. The van der Waals surface area contributed by atoms with Gasteiger partial charge in [0.2, 0.25) is 0 Å². The predicted octanol–water partition coefficient (Wildman–Crippen LogP) is 1.64. The van der Waals surface area contributed by atoms with Crippen molar-refractivity contribution in [3.05, 3.63) is 0 Å². The molecule has 1 heterocycles. The zero-order valence-electron chi connectivity index (χ0n) is 8.42. The highest BCUT2D eigenvalue weighted by atomic mass is 16.4. The van der Waals surface area contributed by atoms with Crippen LogP contribution in [0.1, 0.15) is 32.6 Å². The van der Waals surface area contributed by atoms with Gasteiger partial charge in [-0.2, -0.15) is 0 Å². The van der Waals surface area contributed by atoms with Crippen molar-refractivity contribution in [1.82, 2.24) is 10.2 Å². The van der Waals surface area contributed by atoms with Gasteiger partial charge in [-0.05, 0) is 24.7 Å². The monoisotopic (exact) mass is 196 g/mol. The Morgan fingerprint density at radius 3 is 2.71 bits per heavy atom. The molecule has 1 saturated carbocycles. The first-order valence-electron chi connectivity index (χ1n) is 5.07. The van der Waals surface area contributed by atoms with Gasteiger partial charge >= 0.3 is 12.0 Å². The van der Waals surface area contributed by atoms with E-state index in [1.165, 1.54) is 25.7 Å². The first kappa shape index (κ1) is 9.30. The summed E-state index contributed by atoms with van der Waals surface area (Å²) in [7, 11) is 0. The second kappa shape index (κ2) is 3.48. The van der Waals surface area contributed by atoms with Crippen molar-refractivity contribution < 1.29 is 4.42 Å². The minimum atomic E-state index is 0.117. The normalized spacial score (nSPS) is 18.9. The molecule has 78 valence electrons. The molecular formula is C9H16N4O. The Morgan fingerprint density at radius 2 is 2.29 bits per heavy atom. The van der Waals surface area contributed by atoms with E-state index in [9.17, 15) is 0 Å². The SMILES string of the molecule is CCC1(CNc2nnc(N)o2)CCC1. The lowest BCUT2D eigenvalue weighted by Gasteiger charge is -2.41. The van der Waals surface area contributed by atoms with Crippen LogP contribution in [0.4, 0.5) is 12.0 Å². The van der Waals surface area contributed by atoms with Gasteiger partial charge in [0.15, 0.2) is 0 Å². The van der Waals surface area contributed by atoms with Gasteiger partial charge in [-0.3, -0.25) is 0 Å². The summed E-state index contributed by atoms with van der Waals surface area (Å²) < 4.78 is 5.04. The topological polar surface area (TPSA) is 77.0 Å². The quantitative estimate of drug-likeness (QED) is 0.765. The Labute approximate surface area is 83.1 Å². The van der Waals surface area contributed by atoms with Crippen LogP contribution in [-0.2, 0) is 0 Å². The lowest BCUT2D eigenvalue weighted by molar-refractivity contribution is 0.144. The molecule has 5 heteroatoms. The zero-order valence-corrected chi connectivity index (χ0v) is 8.42. The molecule has 1 aliphatic carbocycles. The number of hydrogen-bond acceptors (Lipinski definition) is 5. The maximum atomic E-state index is 5.32. The molecule has 0 radical (unpaired) electrons. The number of nitrogens with zero attached hydrogens (tertiary/aromatic N) is 2. The van der Waals surface area contributed by atoms with Crippen LogP contribution in [0.5, 0.6) is 0 Å². The summed E-state index contributed by atoms with van der Waals surface area (Å²) in [6.45, 7) is 3.13. The average Bonchev–Trinajstić information content (AvgIpc) is 2.50. The van der Waals surface area contributed by atoms with Crippen molar-refractivity contribution in [3.63, 3.8) is 0 Å². The molecule has 0 atom stereocenters. The number of nitrogens with two attached hydrogens (primary N) is 1. The van der Waals surface area contributed by atoms with Crippen molar-refractivity contribution in [2.24, 2.45) is 5.41 Å². The predicted molar refractivity (Wildman–Crippen MR) is 53.8 cm³/mol. The lowest BCUT2D eigenvalue weighted by Crippen LogP contribution is -2.35. The van der Waals surface area contributed by atoms with E-state index in [1.807, 2.05) is 0 Å². The molecule has 1 aromatic heterocycles. The number of anilines is 2. The molecule has 1 fully saturated rings. The van der Waals surface area contributed by atoms with Crippen LogP contribution in [0.15, 0.2) is 4.42 Å². The Bertz CT molecular complexity index is 300. The number of nitrogen functional groups attached to an aromatic ring is 1. The molecule has 1 aromatic rings. The summed E-state index contributed by atoms with van der Waals surface area (Å²) >= 11 is 0. The number of hydrogen-bond donors (Lipinski definition) is 2. The molecule has 14 heavy (non-hydrogen) atoms. The standard InChI is InChI=1S/C9H16N4O/c1-2-9(4-3-5-9)6-11-8-13-12-7(10)14-8/h2-6H2,1H3,(H2,10,12)(H,11,13). The van der Waals surface area contributed by atoms with E-state index < -0.39 is 0 Å². The molecule has 2 rings (SSSR count). The zero-order chi connectivity index (χ0) is 10.0. The fraction of sp³-hybridized carbons (Fsp3) is 0.778. The fourth-order valence-corrected chi connectivity index (χ4v) is 1.90. The molecule has 0 spiro atoms. The average molecular weight is 196 g/mol. The number of aromatic nitrogens is 2. The van der Waals surface area contributed by atoms with E-state index >= 15 is 0 Å². The van der Waals surface area contributed by atoms with Gasteiger partial charge in [0, 0.05) is 6.54 Å². The van der Waals surface area contributed by atoms with Crippen LogP contribution in [0, 0.1) is 5.41 Å². The molecule has 3 N–H and O–H groups in total. The third-order valence-electron chi connectivity index (χ3n) is 3.22. The van der Waals surface area contributed by atoms with E-state index in [4.69, 9.17) is 10.2 Å². The van der Waals surface area contributed by atoms with Gasteiger partial charge in [-0.1, -0.05) is 23.5 Å².